The Kier molecular flexibility index (Phi) is 5.56. The fraction of sp³-hybridized carbons (Fsp3) is 0.273. The van der Waals surface area contributed by atoms with Gasteiger partial charge in [-0.3, -0.25) is 0 Å². The number of carbonyl (C=O) groups excluding carboxylic acids is 1. The van der Waals surface area contributed by atoms with E-state index in [0.29, 0.717) is 5.56 Å². The third-order valence-corrected chi connectivity index (χ3v) is 1.75. The van der Waals surface area contributed by atoms with E-state index in [2.05, 4.69) is 20.0 Å². The predicted octanol–water partition coefficient (Wildman–Crippen LogP) is 2.37. The van der Waals surface area contributed by atoms with Gasteiger partial charge in [-0.05, 0) is 36.8 Å². The average Bonchev–Trinajstić information content (AvgIpc) is 2.31. The number of hydrogen-bond donors (Lipinski definition) is 1. The monoisotopic (exact) mass is 258 g/mol. The van der Waals surface area contributed by atoms with Crippen molar-refractivity contribution in [3.05, 3.63) is 29.8 Å². The van der Waals surface area contributed by atoms with E-state index in [1.54, 1.807) is 6.92 Å². The van der Waals surface area contributed by atoms with Gasteiger partial charge in [0, 0.05) is 0 Å². The lowest BCUT2D eigenvalue weighted by molar-refractivity contribution is -0.0498. The Bertz CT molecular complexity index is 407. The first-order valence-electron chi connectivity index (χ1n) is 5.12. The van der Waals surface area contributed by atoms with Crippen molar-refractivity contribution in [2.45, 2.75) is 13.5 Å². The zero-order valence-electron chi connectivity index (χ0n) is 9.60. The number of nitrogens with one attached hydrogen (secondary N) is 1. The Hall–Kier alpha value is -2.18. The smallest absolute Gasteiger partial charge is 0.427 e. The van der Waals surface area contributed by atoms with Crippen LogP contribution in [0.5, 0.6) is 5.75 Å². The predicted molar refractivity (Wildman–Crippen MR) is 60.8 cm³/mol. The molecule has 0 saturated heterocycles. The Morgan fingerprint density at radius 1 is 1.44 bits per heavy atom. The van der Waals surface area contributed by atoms with Gasteiger partial charge in [-0.15, -0.1) is 0 Å². The van der Waals surface area contributed by atoms with Crippen LogP contribution in [0.1, 0.15) is 12.5 Å². The molecular formula is C11H12F2N2O3. The van der Waals surface area contributed by atoms with Crippen LogP contribution in [0.3, 0.4) is 0 Å². The van der Waals surface area contributed by atoms with E-state index in [4.69, 9.17) is 0 Å². The molecule has 0 heterocycles. The topological polar surface area (TPSA) is 59.9 Å². The van der Waals surface area contributed by atoms with Crippen molar-refractivity contribution >= 4 is 12.3 Å². The Morgan fingerprint density at radius 2 is 2.11 bits per heavy atom. The highest BCUT2D eigenvalue weighted by molar-refractivity contribution is 5.80. The van der Waals surface area contributed by atoms with Gasteiger partial charge in [0.05, 0.1) is 12.8 Å². The number of ether oxygens (including phenoxy) is 2. The number of halogens is 2. The molecule has 1 aromatic carbocycles. The van der Waals surface area contributed by atoms with Gasteiger partial charge < -0.3 is 9.47 Å². The van der Waals surface area contributed by atoms with Gasteiger partial charge in [0.2, 0.25) is 0 Å². The van der Waals surface area contributed by atoms with Crippen LogP contribution in [-0.2, 0) is 4.74 Å². The highest BCUT2D eigenvalue weighted by atomic mass is 19.3. The summed E-state index contributed by atoms with van der Waals surface area (Å²) in [7, 11) is 0. The third-order valence-electron chi connectivity index (χ3n) is 1.75. The molecule has 0 radical (unpaired) electrons. The van der Waals surface area contributed by atoms with Gasteiger partial charge in [0.15, 0.2) is 0 Å². The number of carbonyl (C=O) groups is 1. The maximum absolute atomic E-state index is 11.9. The second kappa shape index (κ2) is 7.21. The average molecular weight is 258 g/mol. The molecule has 0 unspecified atom stereocenters. The van der Waals surface area contributed by atoms with Gasteiger partial charge >= 0.3 is 12.7 Å². The molecule has 98 valence electrons. The van der Waals surface area contributed by atoms with Crippen LogP contribution in [-0.4, -0.2) is 25.5 Å². The van der Waals surface area contributed by atoms with Gasteiger partial charge in [-0.25, -0.2) is 10.2 Å². The summed E-state index contributed by atoms with van der Waals surface area (Å²) in [5.74, 6) is 0.0560. The second-order valence-corrected chi connectivity index (χ2v) is 3.04. The summed E-state index contributed by atoms with van der Waals surface area (Å²) in [6.07, 6.45) is 0.690. The van der Waals surface area contributed by atoms with Crippen LogP contribution < -0.4 is 10.2 Å². The molecule has 0 fully saturated rings. The zero-order chi connectivity index (χ0) is 13.4. The van der Waals surface area contributed by atoms with Gasteiger partial charge in [0.1, 0.15) is 5.75 Å². The molecule has 1 rings (SSSR count). The summed E-state index contributed by atoms with van der Waals surface area (Å²) in [6, 6.07) is 5.79. The third kappa shape index (κ3) is 5.24. The number of benzene rings is 1. The van der Waals surface area contributed by atoms with E-state index in [1.807, 2.05) is 0 Å². The van der Waals surface area contributed by atoms with Crippen LogP contribution in [0.15, 0.2) is 29.4 Å². The lowest BCUT2D eigenvalue weighted by Gasteiger charge is -2.03. The molecule has 5 nitrogen and oxygen atoms in total. The second-order valence-electron chi connectivity index (χ2n) is 3.04. The van der Waals surface area contributed by atoms with Crippen molar-refractivity contribution in [2.75, 3.05) is 6.61 Å². The Labute approximate surface area is 102 Å². The number of amides is 1. The van der Waals surface area contributed by atoms with Crippen molar-refractivity contribution in [1.82, 2.24) is 5.43 Å². The minimum Gasteiger partial charge on any atom is -0.449 e. The van der Waals surface area contributed by atoms with Crippen molar-refractivity contribution in [1.29, 1.82) is 0 Å². The molecule has 0 atom stereocenters. The van der Waals surface area contributed by atoms with E-state index >= 15 is 0 Å². The summed E-state index contributed by atoms with van der Waals surface area (Å²) in [5, 5.41) is 3.61. The number of hydrazone groups is 1. The number of hydrogen-bond acceptors (Lipinski definition) is 4. The molecule has 0 saturated carbocycles. The first-order valence-corrected chi connectivity index (χ1v) is 5.12. The van der Waals surface area contributed by atoms with Crippen LogP contribution >= 0.6 is 0 Å². The van der Waals surface area contributed by atoms with Crippen molar-refractivity contribution < 1.29 is 23.0 Å². The standard InChI is InChI=1S/C11H12F2N2O3/c1-2-17-11(16)15-14-7-8-3-5-9(6-4-8)18-10(12)13/h3-7,10H,2H2,1H3,(H,15,16)/b14-7+. The quantitative estimate of drug-likeness (QED) is 0.651. The molecule has 1 amide bonds. The van der Waals surface area contributed by atoms with E-state index < -0.39 is 12.7 Å². The number of rotatable bonds is 5. The lowest BCUT2D eigenvalue weighted by Crippen LogP contribution is -2.18. The molecule has 1 N–H and O–H groups in total. The molecule has 18 heavy (non-hydrogen) atoms. The molecule has 0 aromatic heterocycles. The van der Waals surface area contributed by atoms with Crippen LogP contribution in [0, 0.1) is 0 Å². The Balaban J connectivity index is 2.48. The molecule has 0 aliphatic heterocycles. The minimum atomic E-state index is -2.85. The van der Waals surface area contributed by atoms with Gasteiger partial charge in [-0.2, -0.15) is 13.9 Å². The largest absolute Gasteiger partial charge is 0.449 e. The Morgan fingerprint density at radius 3 is 2.67 bits per heavy atom. The summed E-state index contributed by atoms with van der Waals surface area (Å²) in [5.41, 5.74) is 2.75. The fourth-order valence-corrected chi connectivity index (χ4v) is 1.06. The molecule has 0 aliphatic carbocycles. The van der Waals surface area contributed by atoms with E-state index in [9.17, 15) is 13.6 Å². The SMILES string of the molecule is CCOC(=O)N/N=C/c1ccc(OC(F)F)cc1. The van der Waals surface area contributed by atoms with E-state index in [1.165, 1.54) is 30.5 Å². The number of nitrogens with zero attached hydrogens (tertiary/aromatic N) is 1. The molecule has 1 aromatic rings. The van der Waals surface area contributed by atoms with Crippen LogP contribution in [0.4, 0.5) is 13.6 Å². The highest BCUT2D eigenvalue weighted by Crippen LogP contribution is 2.13. The van der Waals surface area contributed by atoms with Crippen molar-refractivity contribution in [3.63, 3.8) is 0 Å². The number of alkyl halides is 2. The summed E-state index contributed by atoms with van der Waals surface area (Å²) in [4.78, 5) is 10.9. The normalized spacial score (nSPS) is 10.7. The van der Waals surface area contributed by atoms with E-state index in [0.717, 1.165) is 0 Å². The molecule has 0 aliphatic rings. The molecule has 7 heteroatoms. The van der Waals surface area contributed by atoms with Crippen LogP contribution in [0.2, 0.25) is 0 Å². The maximum Gasteiger partial charge on any atom is 0.427 e. The summed E-state index contributed by atoms with van der Waals surface area (Å²) < 4.78 is 32.5. The maximum atomic E-state index is 11.9. The molecule has 0 bridgehead atoms. The summed E-state index contributed by atoms with van der Waals surface area (Å²) >= 11 is 0. The van der Waals surface area contributed by atoms with Gasteiger partial charge in [0.25, 0.3) is 0 Å². The highest BCUT2D eigenvalue weighted by Gasteiger charge is 2.03. The minimum absolute atomic E-state index is 0.0560. The lowest BCUT2D eigenvalue weighted by atomic mass is 10.2. The van der Waals surface area contributed by atoms with Crippen molar-refractivity contribution in [2.24, 2.45) is 5.10 Å². The first-order chi connectivity index (χ1) is 8.61. The summed E-state index contributed by atoms with van der Waals surface area (Å²) in [6.45, 7) is -0.929. The fourth-order valence-electron chi connectivity index (χ4n) is 1.06. The van der Waals surface area contributed by atoms with E-state index in [-0.39, 0.29) is 12.4 Å². The molecule has 0 spiro atoms. The zero-order valence-corrected chi connectivity index (χ0v) is 9.60. The van der Waals surface area contributed by atoms with Gasteiger partial charge in [-0.1, -0.05) is 0 Å². The molecular weight excluding hydrogens is 246 g/mol. The van der Waals surface area contributed by atoms with Crippen molar-refractivity contribution in [3.8, 4) is 5.75 Å². The first kappa shape index (κ1) is 13.9. The van der Waals surface area contributed by atoms with Crippen LogP contribution in [0.25, 0.3) is 0 Å².